The van der Waals surface area contributed by atoms with Crippen molar-refractivity contribution in [3.05, 3.63) is 35.7 Å². The highest BCUT2D eigenvalue weighted by atomic mass is 16.4. The van der Waals surface area contributed by atoms with Crippen LogP contribution in [0.2, 0.25) is 0 Å². The van der Waals surface area contributed by atoms with Crippen molar-refractivity contribution in [1.82, 2.24) is 4.98 Å². The lowest BCUT2D eigenvalue weighted by Crippen LogP contribution is -1.93. The first-order valence-corrected chi connectivity index (χ1v) is 4.95. The van der Waals surface area contributed by atoms with Gasteiger partial charge in [-0.3, -0.25) is 4.98 Å². The van der Waals surface area contributed by atoms with Gasteiger partial charge in [-0.1, -0.05) is 19.9 Å². The molecule has 1 aromatic rings. The van der Waals surface area contributed by atoms with Crippen LogP contribution in [0.5, 0.6) is 0 Å². The van der Waals surface area contributed by atoms with E-state index in [1.165, 1.54) is 0 Å². The van der Waals surface area contributed by atoms with E-state index in [-0.39, 0.29) is 0 Å². The minimum atomic E-state index is -0.944. The van der Waals surface area contributed by atoms with Gasteiger partial charge in [-0.15, -0.1) is 0 Å². The van der Waals surface area contributed by atoms with Gasteiger partial charge in [-0.2, -0.15) is 0 Å². The number of hydrogen-bond donors (Lipinski definition) is 1. The third-order valence-corrected chi connectivity index (χ3v) is 1.63. The number of aliphatic carboxylic acids is 1. The summed E-state index contributed by atoms with van der Waals surface area (Å²) in [6.07, 6.45) is 1.15. The van der Waals surface area contributed by atoms with Gasteiger partial charge in [0.15, 0.2) is 0 Å². The Morgan fingerprint density at radius 1 is 1.40 bits per heavy atom. The minimum Gasteiger partial charge on any atom is -0.478 e. The van der Waals surface area contributed by atoms with Crippen molar-refractivity contribution in [3.8, 4) is 0 Å². The molecule has 0 aliphatic rings. The molecular formula is C12H17NO2. The number of aromatic nitrogens is 1. The fourth-order valence-corrected chi connectivity index (χ4v) is 1.02. The first kappa shape index (κ1) is 13.4. The number of nitrogens with zero attached hydrogens (tertiary/aromatic N) is 1. The van der Waals surface area contributed by atoms with Crippen LogP contribution >= 0.6 is 0 Å². The number of allylic oxidation sites excluding steroid dienone is 1. The highest BCUT2D eigenvalue weighted by Crippen LogP contribution is 2.10. The van der Waals surface area contributed by atoms with E-state index in [0.717, 1.165) is 11.8 Å². The largest absolute Gasteiger partial charge is 0.478 e. The maximum atomic E-state index is 10.4. The second kappa shape index (κ2) is 6.76. The van der Waals surface area contributed by atoms with Crippen LogP contribution in [0.25, 0.3) is 5.57 Å². The summed E-state index contributed by atoms with van der Waals surface area (Å²) in [5, 5.41) is 8.51. The van der Waals surface area contributed by atoms with E-state index < -0.39 is 5.97 Å². The maximum absolute atomic E-state index is 10.4. The molecular weight excluding hydrogens is 190 g/mol. The normalized spacial score (nSPS) is 10.3. The van der Waals surface area contributed by atoms with Crippen molar-refractivity contribution in [1.29, 1.82) is 0 Å². The first-order valence-electron chi connectivity index (χ1n) is 4.95. The van der Waals surface area contributed by atoms with Gasteiger partial charge < -0.3 is 5.11 Å². The number of rotatable bonds is 2. The topological polar surface area (TPSA) is 50.2 Å². The van der Waals surface area contributed by atoms with Crippen LogP contribution < -0.4 is 0 Å². The molecule has 82 valence electrons. The number of pyridine rings is 1. The summed E-state index contributed by atoms with van der Waals surface area (Å²) < 4.78 is 0. The Morgan fingerprint density at radius 3 is 2.47 bits per heavy atom. The smallest absolute Gasteiger partial charge is 0.328 e. The zero-order valence-electron chi connectivity index (χ0n) is 9.61. The Kier molecular flexibility index (Phi) is 6.02. The van der Waals surface area contributed by atoms with E-state index >= 15 is 0 Å². The summed E-state index contributed by atoms with van der Waals surface area (Å²) in [4.78, 5) is 14.6. The van der Waals surface area contributed by atoms with Crippen molar-refractivity contribution in [3.63, 3.8) is 0 Å². The number of carboxylic acid groups (broad SMARTS) is 1. The quantitative estimate of drug-likeness (QED) is 0.758. The fraction of sp³-hybridized carbons (Fsp3) is 0.333. The molecule has 1 aromatic heterocycles. The molecule has 1 heterocycles. The lowest BCUT2D eigenvalue weighted by Gasteiger charge is -1.99. The molecule has 0 saturated heterocycles. The van der Waals surface area contributed by atoms with Crippen molar-refractivity contribution in [2.45, 2.75) is 27.7 Å². The van der Waals surface area contributed by atoms with E-state index in [2.05, 4.69) is 4.98 Å². The van der Waals surface area contributed by atoms with Crippen LogP contribution in [-0.4, -0.2) is 16.1 Å². The Hall–Kier alpha value is -1.64. The van der Waals surface area contributed by atoms with Gasteiger partial charge in [-0.25, -0.2) is 4.79 Å². The molecule has 0 spiro atoms. The highest BCUT2D eigenvalue weighted by Gasteiger charge is 1.99. The van der Waals surface area contributed by atoms with Crippen molar-refractivity contribution in [2.24, 2.45) is 0 Å². The summed E-state index contributed by atoms with van der Waals surface area (Å²) >= 11 is 0. The van der Waals surface area contributed by atoms with Crippen molar-refractivity contribution < 1.29 is 9.90 Å². The molecule has 15 heavy (non-hydrogen) atoms. The third-order valence-electron chi connectivity index (χ3n) is 1.63. The summed E-state index contributed by atoms with van der Waals surface area (Å²) in [7, 11) is 0. The van der Waals surface area contributed by atoms with Gasteiger partial charge in [0, 0.05) is 11.8 Å². The average molecular weight is 207 g/mol. The maximum Gasteiger partial charge on any atom is 0.328 e. The van der Waals surface area contributed by atoms with Gasteiger partial charge in [0.1, 0.15) is 0 Å². The summed E-state index contributed by atoms with van der Waals surface area (Å²) in [6, 6.07) is 5.52. The van der Waals surface area contributed by atoms with Gasteiger partial charge in [0.2, 0.25) is 0 Å². The molecule has 0 aromatic carbocycles. The molecule has 0 unspecified atom stereocenters. The summed E-state index contributed by atoms with van der Waals surface area (Å²) in [5.41, 5.74) is 2.26. The van der Waals surface area contributed by atoms with Crippen LogP contribution in [-0.2, 0) is 4.79 Å². The SMILES string of the molecule is C/C(=C\C(=O)O)c1cccc(C)n1.CC. The monoisotopic (exact) mass is 207 g/mol. The zero-order chi connectivity index (χ0) is 11.8. The van der Waals surface area contributed by atoms with Gasteiger partial charge in [-0.05, 0) is 31.6 Å². The molecule has 0 fully saturated rings. The first-order chi connectivity index (χ1) is 7.09. The molecule has 3 heteroatoms. The predicted octanol–water partition coefficient (Wildman–Crippen LogP) is 2.90. The van der Waals surface area contributed by atoms with Crippen molar-refractivity contribution in [2.75, 3.05) is 0 Å². The van der Waals surface area contributed by atoms with E-state index in [1.807, 2.05) is 32.9 Å². The fourth-order valence-electron chi connectivity index (χ4n) is 1.02. The van der Waals surface area contributed by atoms with E-state index in [1.54, 1.807) is 13.0 Å². The van der Waals surface area contributed by atoms with Crippen LogP contribution in [0, 0.1) is 6.92 Å². The second-order valence-electron chi connectivity index (χ2n) is 2.83. The molecule has 0 saturated carbocycles. The number of hydrogen-bond acceptors (Lipinski definition) is 2. The summed E-state index contributed by atoms with van der Waals surface area (Å²) in [6.45, 7) is 7.60. The van der Waals surface area contributed by atoms with Gasteiger partial charge in [0.05, 0.1) is 5.69 Å². The predicted molar refractivity (Wildman–Crippen MR) is 61.6 cm³/mol. The molecule has 0 bridgehead atoms. The molecule has 0 aliphatic carbocycles. The molecule has 1 rings (SSSR count). The van der Waals surface area contributed by atoms with Gasteiger partial charge in [0.25, 0.3) is 0 Å². The molecule has 1 N–H and O–H groups in total. The van der Waals surface area contributed by atoms with Crippen LogP contribution in [0.1, 0.15) is 32.2 Å². The minimum absolute atomic E-state index is 0.663. The third kappa shape index (κ3) is 4.96. The Morgan fingerprint density at radius 2 is 2.00 bits per heavy atom. The van der Waals surface area contributed by atoms with E-state index in [9.17, 15) is 4.79 Å². The molecule has 0 radical (unpaired) electrons. The number of aryl methyl sites for hydroxylation is 1. The second-order valence-corrected chi connectivity index (χ2v) is 2.83. The highest BCUT2D eigenvalue weighted by molar-refractivity contribution is 5.88. The van der Waals surface area contributed by atoms with Gasteiger partial charge >= 0.3 is 5.97 Å². The lowest BCUT2D eigenvalue weighted by atomic mass is 10.2. The molecule has 0 aliphatic heterocycles. The Balaban J connectivity index is 0.000000921. The van der Waals surface area contributed by atoms with Crippen LogP contribution in [0.15, 0.2) is 24.3 Å². The van der Waals surface area contributed by atoms with E-state index in [0.29, 0.717) is 11.3 Å². The van der Waals surface area contributed by atoms with Crippen molar-refractivity contribution >= 4 is 11.5 Å². The molecule has 3 nitrogen and oxygen atoms in total. The Bertz CT molecular complexity index is 356. The molecule has 0 amide bonds. The number of carbonyl (C=O) groups is 1. The van der Waals surface area contributed by atoms with E-state index in [4.69, 9.17) is 5.11 Å². The van der Waals surface area contributed by atoms with Crippen LogP contribution in [0.4, 0.5) is 0 Å². The zero-order valence-corrected chi connectivity index (χ0v) is 9.61. The van der Waals surface area contributed by atoms with Crippen LogP contribution in [0.3, 0.4) is 0 Å². The number of carboxylic acids is 1. The average Bonchev–Trinajstić information content (AvgIpc) is 2.20. The lowest BCUT2D eigenvalue weighted by molar-refractivity contribution is -0.131. The summed E-state index contributed by atoms with van der Waals surface area (Å²) in [5.74, 6) is -0.944. The Labute approximate surface area is 90.5 Å². The molecule has 0 atom stereocenters. The standard InChI is InChI=1S/C10H11NO2.C2H6/c1-7(6-10(12)13)9-5-3-4-8(2)11-9;1-2/h3-6H,1-2H3,(H,12,13);1-2H3/b7-6+;.